The molecule has 2 aliphatic rings. The third-order valence-corrected chi connectivity index (χ3v) is 6.84. The number of halogens is 1. The van der Waals surface area contributed by atoms with Gasteiger partial charge in [-0.2, -0.15) is 12.7 Å². The van der Waals surface area contributed by atoms with Crippen molar-refractivity contribution in [2.45, 2.75) is 35.1 Å². The summed E-state index contributed by atoms with van der Waals surface area (Å²) in [5, 5.41) is 0. The maximum absolute atomic E-state index is 12.8. The molecule has 0 radical (unpaired) electrons. The van der Waals surface area contributed by atoms with Crippen molar-refractivity contribution in [3.05, 3.63) is 24.3 Å². The van der Waals surface area contributed by atoms with Gasteiger partial charge in [0.1, 0.15) is 0 Å². The summed E-state index contributed by atoms with van der Waals surface area (Å²) in [4.78, 5) is -0.517. The maximum atomic E-state index is 12.8. The largest absolute Gasteiger partial charge is 0.332 e. The Morgan fingerprint density at radius 3 is 2.05 bits per heavy atom. The number of sulfonamides is 1. The van der Waals surface area contributed by atoms with Crippen LogP contribution in [0.25, 0.3) is 0 Å². The summed E-state index contributed by atoms with van der Waals surface area (Å²) in [7, 11) is -8.42. The van der Waals surface area contributed by atoms with Gasteiger partial charge >= 0.3 is 10.2 Å². The van der Waals surface area contributed by atoms with Crippen molar-refractivity contribution in [2.75, 3.05) is 6.54 Å². The fourth-order valence-electron chi connectivity index (χ4n) is 3.08. The molecule has 1 aliphatic heterocycles. The van der Waals surface area contributed by atoms with Crippen molar-refractivity contribution in [3.63, 3.8) is 0 Å². The van der Waals surface area contributed by atoms with Crippen LogP contribution in [0.4, 0.5) is 3.89 Å². The van der Waals surface area contributed by atoms with E-state index in [0.717, 1.165) is 43.5 Å². The third kappa shape index (κ3) is 2.25. The fraction of sp³-hybridized carbons (Fsp3) is 0.500. The van der Waals surface area contributed by atoms with Crippen molar-refractivity contribution in [1.82, 2.24) is 4.31 Å². The number of rotatable bonds is 3. The van der Waals surface area contributed by atoms with Crippen LogP contribution in [0.5, 0.6) is 0 Å². The van der Waals surface area contributed by atoms with Gasteiger partial charge in [-0.25, -0.2) is 8.42 Å². The van der Waals surface area contributed by atoms with Crippen LogP contribution in [-0.2, 0) is 20.2 Å². The number of hydrogen-bond acceptors (Lipinski definition) is 4. The summed E-state index contributed by atoms with van der Waals surface area (Å²) >= 11 is 0. The van der Waals surface area contributed by atoms with Gasteiger partial charge in [0.2, 0.25) is 10.0 Å². The van der Waals surface area contributed by atoms with E-state index in [0.29, 0.717) is 12.5 Å². The van der Waals surface area contributed by atoms with E-state index < -0.39 is 25.1 Å². The van der Waals surface area contributed by atoms with Crippen LogP contribution in [0, 0.1) is 5.92 Å². The molecule has 0 amide bonds. The van der Waals surface area contributed by atoms with Gasteiger partial charge in [0.25, 0.3) is 0 Å². The molecule has 0 aromatic heterocycles. The van der Waals surface area contributed by atoms with E-state index >= 15 is 0 Å². The average Bonchev–Trinajstić information content (AvgIpc) is 3.00. The highest BCUT2D eigenvalue weighted by molar-refractivity contribution is 7.89. The summed E-state index contributed by atoms with van der Waals surface area (Å²) in [6.45, 7) is 0.524. The van der Waals surface area contributed by atoms with Gasteiger partial charge < -0.3 is 0 Å². The first-order chi connectivity index (χ1) is 9.28. The van der Waals surface area contributed by atoms with E-state index in [2.05, 4.69) is 0 Å². The molecule has 1 aliphatic carbocycles. The van der Waals surface area contributed by atoms with E-state index in [-0.39, 0.29) is 10.9 Å². The van der Waals surface area contributed by atoms with Crippen molar-refractivity contribution in [3.8, 4) is 0 Å². The Balaban J connectivity index is 1.92. The second kappa shape index (κ2) is 4.51. The van der Waals surface area contributed by atoms with Crippen LogP contribution in [0.1, 0.15) is 19.3 Å². The monoisotopic (exact) mass is 319 g/mol. The van der Waals surface area contributed by atoms with Crippen molar-refractivity contribution in [2.24, 2.45) is 5.92 Å². The molecule has 0 spiro atoms. The van der Waals surface area contributed by atoms with Crippen LogP contribution < -0.4 is 0 Å². The second-order valence-corrected chi connectivity index (χ2v) is 8.55. The molecule has 3 rings (SSSR count). The second-order valence-electron chi connectivity index (χ2n) is 5.32. The fourth-order valence-corrected chi connectivity index (χ4v) is 5.29. The standard InChI is InChI=1S/C12H14FNO4S2/c13-19(15,16)11-3-5-12(6-4-11)20(17,18)14-8-9-1-2-10(14)7-9/h3-6,9-10H,1-2,7-8H2. The minimum atomic E-state index is -4.80. The lowest BCUT2D eigenvalue weighted by molar-refractivity contribution is 0.333. The number of benzene rings is 1. The Morgan fingerprint density at radius 1 is 1.00 bits per heavy atom. The van der Waals surface area contributed by atoms with Gasteiger partial charge in [-0.3, -0.25) is 0 Å². The molecular weight excluding hydrogens is 305 g/mol. The van der Waals surface area contributed by atoms with Gasteiger partial charge in [-0.1, -0.05) is 0 Å². The van der Waals surface area contributed by atoms with Crippen LogP contribution in [0.15, 0.2) is 34.1 Å². The SMILES string of the molecule is O=S(=O)(F)c1ccc(S(=O)(=O)N2CC3CCC2C3)cc1. The predicted molar refractivity (Wildman–Crippen MR) is 69.8 cm³/mol. The van der Waals surface area contributed by atoms with Gasteiger partial charge in [0.15, 0.2) is 0 Å². The topological polar surface area (TPSA) is 71.5 Å². The van der Waals surface area contributed by atoms with Crippen molar-refractivity contribution < 1.29 is 20.7 Å². The number of piperidine rings is 1. The zero-order valence-electron chi connectivity index (χ0n) is 10.6. The quantitative estimate of drug-likeness (QED) is 0.792. The van der Waals surface area contributed by atoms with Gasteiger partial charge in [0, 0.05) is 12.6 Å². The summed E-state index contributed by atoms with van der Waals surface area (Å²) in [5.41, 5.74) is 0. The van der Waals surface area contributed by atoms with Crippen LogP contribution >= 0.6 is 0 Å². The Bertz CT molecular complexity index is 727. The molecule has 1 aromatic rings. The smallest absolute Gasteiger partial charge is 0.207 e. The molecule has 1 heterocycles. The van der Waals surface area contributed by atoms with E-state index in [1.807, 2.05) is 0 Å². The zero-order valence-corrected chi connectivity index (χ0v) is 12.2. The molecule has 5 nitrogen and oxygen atoms in total. The lowest BCUT2D eigenvalue weighted by atomic mass is 10.1. The maximum Gasteiger partial charge on any atom is 0.332 e. The zero-order chi connectivity index (χ0) is 14.5. The first-order valence-corrected chi connectivity index (χ1v) is 9.17. The Hall–Kier alpha value is -0.990. The Kier molecular flexibility index (Phi) is 3.15. The molecule has 2 unspecified atom stereocenters. The molecule has 20 heavy (non-hydrogen) atoms. The van der Waals surface area contributed by atoms with Gasteiger partial charge in [-0.15, -0.1) is 3.89 Å². The highest BCUT2D eigenvalue weighted by Crippen LogP contribution is 2.40. The van der Waals surface area contributed by atoms with E-state index in [1.165, 1.54) is 4.31 Å². The molecule has 1 aromatic carbocycles. The first-order valence-electron chi connectivity index (χ1n) is 6.35. The predicted octanol–water partition coefficient (Wildman–Crippen LogP) is 1.52. The molecular formula is C12H14FNO4S2. The van der Waals surface area contributed by atoms with Crippen LogP contribution in [0.3, 0.4) is 0 Å². The Morgan fingerprint density at radius 2 is 1.60 bits per heavy atom. The lowest BCUT2D eigenvalue weighted by Gasteiger charge is -2.26. The summed E-state index contributed by atoms with van der Waals surface area (Å²) in [6.07, 6.45) is 2.84. The van der Waals surface area contributed by atoms with Gasteiger partial charge in [-0.05, 0) is 49.4 Å². The van der Waals surface area contributed by atoms with E-state index in [4.69, 9.17) is 0 Å². The number of nitrogens with zero attached hydrogens (tertiary/aromatic N) is 1. The lowest BCUT2D eigenvalue weighted by Crippen LogP contribution is -2.37. The summed E-state index contributed by atoms with van der Waals surface area (Å²) in [5.74, 6) is 0.431. The summed E-state index contributed by atoms with van der Waals surface area (Å²) in [6, 6.07) is 4.31. The molecule has 1 saturated heterocycles. The molecule has 2 fully saturated rings. The molecule has 0 N–H and O–H groups in total. The van der Waals surface area contributed by atoms with E-state index in [1.54, 1.807) is 0 Å². The minimum Gasteiger partial charge on any atom is -0.207 e. The number of hydrogen-bond donors (Lipinski definition) is 0. The minimum absolute atomic E-state index is 0.0115. The third-order valence-electron chi connectivity index (χ3n) is 4.07. The molecule has 2 bridgehead atoms. The first kappa shape index (κ1) is 14.0. The van der Waals surface area contributed by atoms with Crippen LogP contribution in [-0.4, -0.2) is 33.7 Å². The highest BCUT2D eigenvalue weighted by Gasteiger charge is 2.44. The van der Waals surface area contributed by atoms with Crippen molar-refractivity contribution >= 4 is 20.2 Å². The van der Waals surface area contributed by atoms with Crippen LogP contribution in [0.2, 0.25) is 0 Å². The normalized spacial score (nSPS) is 27.1. The van der Waals surface area contributed by atoms with Gasteiger partial charge in [0.05, 0.1) is 9.79 Å². The number of fused-ring (bicyclic) bond motifs is 2. The molecule has 1 saturated carbocycles. The average molecular weight is 319 g/mol. The molecule has 110 valence electrons. The summed E-state index contributed by atoms with van der Waals surface area (Å²) < 4.78 is 60.7. The molecule has 2 atom stereocenters. The molecule has 8 heteroatoms. The Labute approximate surface area is 117 Å². The highest BCUT2D eigenvalue weighted by atomic mass is 32.3. The van der Waals surface area contributed by atoms with E-state index in [9.17, 15) is 20.7 Å². The van der Waals surface area contributed by atoms with Crippen molar-refractivity contribution in [1.29, 1.82) is 0 Å².